The van der Waals surface area contributed by atoms with Crippen molar-refractivity contribution in [3.8, 4) is 5.88 Å². The van der Waals surface area contributed by atoms with E-state index in [1.807, 2.05) is 34.9 Å². The van der Waals surface area contributed by atoms with E-state index in [2.05, 4.69) is 20.0 Å². The van der Waals surface area contributed by atoms with E-state index in [-0.39, 0.29) is 11.8 Å². The lowest BCUT2D eigenvalue weighted by atomic mass is 9.86. The summed E-state index contributed by atoms with van der Waals surface area (Å²) >= 11 is 12.3. The van der Waals surface area contributed by atoms with E-state index in [9.17, 15) is 9.90 Å². The fourth-order valence-corrected chi connectivity index (χ4v) is 5.79. The molecule has 2 aliphatic rings. The van der Waals surface area contributed by atoms with Gasteiger partial charge in [0, 0.05) is 53.7 Å². The lowest BCUT2D eigenvalue weighted by Crippen LogP contribution is -2.46. The number of carbonyl (C=O) groups excluding carboxylic acids is 1. The van der Waals surface area contributed by atoms with E-state index in [4.69, 9.17) is 23.2 Å². The predicted molar refractivity (Wildman–Crippen MR) is 149 cm³/mol. The normalized spacial score (nSPS) is 17.7. The van der Waals surface area contributed by atoms with Gasteiger partial charge in [-0.25, -0.2) is 0 Å². The molecule has 3 aromatic rings. The summed E-state index contributed by atoms with van der Waals surface area (Å²) in [5.41, 5.74) is 2.26. The Morgan fingerprint density at radius 2 is 1.65 bits per heavy atom. The van der Waals surface area contributed by atoms with E-state index in [1.54, 1.807) is 12.1 Å². The maximum atomic E-state index is 12.5. The molecule has 0 spiro atoms. The number of aromatic hydroxyl groups is 1. The fourth-order valence-electron chi connectivity index (χ4n) is 5.50. The van der Waals surface area contributed by atoms with Crippen molar-refractivity contribution in [2.75, 3.05) is 31.1 Å². The molecule has 196 valence electrons. The second-order valence-electron chi connectivity index (χ2n) is 10.1. The maximum absolute atomic E-state index is 12.5. The highest BCUT2D eigenvalue weighted by molar-refractivity contribution is 6.31. The first-order valence-electron chi connectivity index (χ1n) is 13.2. The molecule has 7 nitrogen and oxygen atoms in total. The Hall–Kier alpha value is -2.61. The van der Waals surface area contributed by atoms with Crippen molar-refractivity contribution in [2.45, 2.75) is 51.6 Å². The van der Waals surface area contributed by atoms with Gasteiger partial charge < -0.3 is 10.0 Å². The molecular formula is C28H33Cl2N5O2. The molecule has 9 heteroatoms. The molecule has 1 saturated heterocycles. The lowest BCUT2D eigenvalue weighted by molar-refractivity contribution is -0.118. The SMILES string of the molecule is O=C(CCC1CCCCC1)N=Nc1c(O)n(CN2CCN(c3ccc(Cl)cc3)CC2)c2ccc(Cl)cc12. The van der Waals surface area contributed by atoms with Crippen LogP contribution < -0.4 is 4.90 Å². The Morgan fingerprint density at radius 1 is 0.946 bits per heavy atom. The van der Waals surface area contributed by atoms with Crippen LogP contribution in [0, 0.1) is 5.92 Å². The number of rotatable bonds is 7. The maximum Gasteiger partial charge on any atom is 0.264 e. The first-order chi connectivity index (χ1) is 18.0. The summed E-state index contributed by atoms with van der Waals surface area (Å²) < 4.78 is 1.82. The summed E-state index contributed by atoms with van der Waals surface area (Å²) in [5, 5.41) is 21.3. The van der Waals surface area contributed by atoms with Crippen molar-refractivity contribution >= 4 is 51.4 Å². The summed E-state index contributed by atoms with van der Waals surface area (Å²) in [4.78, 5) is 17.1. The number of piperazine rings is 1. The van der Waals surface area contributed by atoms with Crippen molar-refractivity contribution in [3.05, 3.63) is 52.5 Å². The first kappa shape index (κ1) is 26.0. The average molecular weight is 543 g/mol. The van der Waals surface area contributed by atoms with Gasteiger partial charge in [0.2, 0.25) is 5.88 Å². The van der Waals surface area contributed by atoms with Crippen molar-refractivity contribution in [2.24, 2.45) is 16.1 Å². The zero-order chi connectivity index (χ0) is 25.8. The second kappa shape index (κ2) is 11.8. The molecule has 1 amide bonds. The minimum Gasteiger partial charge on any atom is -0.493 e. The molecule has 2 heterocycles. The van der Waals surface area contributed by atoms with Gasteiger partial charge in [-0.1, -0.05) is 55.3 Å². The number of carbonyl (C=O) groups is 1. The standard InChI is InChI=1S/C28H33Cl2N5O2/c29-21-7-10-23(11-8-21)34-16-14-33(15-17-34)19-35-25-12-9-22(30)18-24(25)27(28(35)37)32-31-26(36)13-6-20-4-2-1-3-5-20/h7-12,18,20,37H,1-6,13-17,19H2. The van der Waals surface area contributed by atoms with Gasteiger partial charge in [0.25, 0.3) is 5.91 Å². The van der Waals surface area contributed by atoms with Gasteiger partial charge in [-0.05, 0) is 54.8 Å². The number of benzene rings is 2. The number of fused-ring (bicyclic) bond motifs is 1. The average Bonchev–Trinajstić information content (AvgIpc) is 3.17. The monoisotopic (exact) mass is 541 g/mol. The van der Waals surface area contributed by atoms with Gasteiger partial charge in [-0.2, -0.15) is 0 Å². The minimum absolute atomic E-state index is 0.00114. The summed E-state index contributed by atoms with van der Waals surface area (Å²) in [6, 6.07) is 13.4. The highest BCUT2D eigenvalue weighted by Crippen LogP contribution is 2.40. The third-order valence-electron chi connectivity index (χ3n) is 7.63. The Kier molecular flexibility index (Phi) is 8.33. The molecule has 1 N–H and O–H groups in total. The van der Waals surface area contributed by atoms with Gasteiger partial charge in [-0.15, -0.1) is 10.2 Å². The molecular weight excluding hydrogens is 509 g/mol. The molecule has 1 aliphatic carbocycles. The van der Waals surface area contributed by atoms with Crippen LogP contribution >= 0.6 is 23.2 Å². The summed E-state index contributed by atoms with van der Waals surface area (Å²) in [6.07, 6.45) is 7.46. The second-order valence-corrected chi connectivity index (χ2v) is 11.0. The van der Waals surface area contributed by atoms with Crippen LogP contribution in [-0.4, -0.2) is 46.7 Å². The molecule has 37 heavy (non-hydrogen) atoms. The molecule has 2 aromatic carbocycles. The number of hydrogen-bond donors (Lipinski definition) is 1. The highest BCUT2D eigenvalue weighted by Gasteiger charge is 2.23. The number of azo groups is 1. The fraction of sp³-hybridized carbons (Fsp3) is 0.464. The summed E-state index contributed by atoms with van der Waals surface area (Å²) in [7, 11) is 0. The largest absolute Gasteiger partial charge is 0.493 e. The molecule has 1 saturated carbocycles. The Bertz CT molecular complexity index is 1260. The van der Waals surface area contributed by atoms with Gasteiger partial charge in [0.15, 0.2) is 5.69 Å². The number of nitrogens with zero attached hydrogens (tertiary/aromatic N) is 5. The van der Waals surface area contributed by atoms with E-state index < -0.39 is 0 Å². The third kappa shape index (κ3) is 6.28. The highest BCUT2D eigenvalue weighted by atomic mass is 35.5. The van der Waals surface area contributed by atoms with Gasteiger partial charge in [-0.3, -0.25) is 14.3 Å². The molecule has 0 radical (unpaired) electrons. The van der Waals surface area contributed by atoms with Crippen LogP contribution in [0.1, 0.15) is 44.9 Å². The Balaban J connectivity index is 1.27. The van der Waals surface area contributed by atoms with Crippen molar-refractivity contribution < 1.29 is 9.90 Å². The smallest absolute Gasteiger partial charge is 0.264 e. The molecule has 1 aromatic heterocycles. The van der Waals surface area contributed by atoms with Gasteiger partial charge >= 0.3 is 0 Å². The molecule has 0 bridgehead atoms. The molecule has 1 aliphatic heterocycles. The van der Waals surface area contributed by atoms with Crippen LogP contribution in [0.2, 0.25) is 10.0 Å². The van der Waals surface area contributed by atoms with Crippen LogP contribution in [0.25, 0.3) is 10.9 Å². The predicted octanol–water partition coefficient (Wildman–Crippen LogP) is 7.40. The Morgan fingerprint density at radius 3 is 2.38 bits per heavy atom. The van der Waals surface area contributed by atoms with Crippen LogP contribution in [0.5, 0.6) is 5.88 Å². The van der Waals surface area contributed by atoms with E-state index >= 15 is 0 Å². The van der Waals surface area contributed by atoms with E-state index in [0.717, 1.165) is 48.8 Å². The molecule has 5 rings (SSSR count). The molecule has 0 unspecified atom stereocenters. The zero-order valence-electron chi connectivity index (χ0n) is 21.0. The van der Waals surface area contributed by atoms with Crippen LogP contribution in [0.4, 0.5) is 11.4 Å². The number of anilines is 1. The summed E-state index contributed by atoms with van der Waals surface area (Å²) in [5.74, 6) is 0.370. The molecule has 0 atom stereocenters. The van der Waals surface area contributed by atoms with Gasteiger partial charge in [0.1, 0.15) is 0 Å². The number of amides is 1. The zero-order valence-corrected chi connectivity index (χ0v) is 22.5. The van der Waals surface area contributed by atoms with E-state index in [0.29, 0.717) is 35.1 Å². The summed E-state index contributed by atoms with van der Waals surface area (Å²) in [6.45, 7) is 3.92. The lowest BCUT2D eigenvalue weighted by Gasteiger charge is -2.36. The number of aromatic nitrogens is 1. The van der Waals surface area contributed by atoms with Crippen LogP contribution in [0.15, 0.2) is 52.7 Å². The topological polar surface area (TPSA) is 73.4 Å². The third-order valence-corrected chi connectivity index (χ3v) is 8.12. The van der Waals surface area contributed by atoms with Crippen molar-refractivity contribution in [1.29, 1.82) is 0 Å². The van der Waals surface area contributed by atoms with Crippen molar-refractivity contribution in [1.82, 2.24) is 9.47 Å². The van der Waals surface area contributed by atoms with Crippen molar-refractivity contribution in [3.63, 3.8) is 0 Å². The Labute approximate surface area is 227 Å². The van der Waals surface area contributed by atoms with Gasteiger partial charge in [0.05, 0.1) is 12.2 Å². The number of hydrogen-bond acceptors (Lipinski definition) is 5. The number of halogens is 2. The van der Waals surface area contributed by atoms with E-state index in [1.165, 1.54) is 32.1 Å². The van der Waals surface area contributed by atoms with Crippen LogP contribution in [0.3, 0.4) is 0 Å². The molecule has 2 fully saturated rings. The minimum atomic E-state index is -0.244. The first-order valence-corrected chi connectivity index (χ1v) is 13.9. The van der Waals surface area contributed by atoms with Crippen LogP contribution in [-0.2, 0) is 11.5 Å². The quantitative estimate of drug-likeness (QED) is 0.316.